The molecule has 0 amide bonds. The Morgan fingerprint density at radius 2 is 2.13 bits per heavy atom. The number of rotatable bonds is 2. The van der Waals surface area contributed by atoms with Crippen LogP contribution in [0.5, 0.6) is 0 Å². The molecule has 0 radical (unpaired) electrons. The summed E-state index contributed by atoms with van der Waals surface area (Å²) in [6, 6.07) is 9.84. The van der Waals surface area contributed by atoms with E-state index < -0.39 is 0 Å². The molecule has 1 atom stereocenters. The number of H-pyrrole nitrogens is 1. The Labute approximate surface area is 94.3 Å². The minimum absolute atomic E-state index is 0. The van der Waals surface area contributed by atoms with Crippen molar-refractivity contribution in [3.05, 3.63) is 36.0 Å². The predicted molar refractivity (Wildman–Crippen MR) is 62.7 cm³/mol. The van der Waals surface area contributed by atoms with Gasteiger partial charge in [0.15, 0.2) is 0 Å². The quantitative estimate of drug-likeness (QED) is 0.818. The molecule has 1 aromatic carbocycles. The maximum Gasteiger partial charge on any atom is 0.0641 e. The minimum Gasteiger partial charge on any atom is -0.361 e. The second-order valence-corrected chi connectivity index (χ2v) is 3.26. The van der Waals surface area contributed by atoms with E-state index >= 15 is 0 Å². The molecule has 0 aliphatic carbocycles. The van der Waals surface area contributed by atoms with Gasteiger partial charge in [0.25, 0.3) is 0 Å². The summed E-state index contributed by atoms with van der Waals surface area (Å²) in [5, 5.41) is 9.67. The second kappa shape index (κ2) is 4.83. The van der Waals surface area contributed by atoms with E-state index in [0.29, 0.717) is 6.42 Å². The number of fused-ring (bicyclic) bond motifs is 1. The lowest BCUT2D eigenvalue weighted by Gasteiger charge is -2.04. The molecule has 2 rings (SSSR count). The van der Waals surface area contributed by atoms with Gasteiger partial charge >= 0.3 is 0 Å². The lowest BCUT2D eigenvalue weighted by Crippen LogP contribution is -2.08. The Morgan fingerprint density at radius 1 is 1.40 bits per heavy atom. The zero-order valence-electron chi connectivity index (χ0n) is 8.10. The molecule has 0 saturated carbocycles. The Morgan fingerprint density at radius 3 is 2.87 bits per heavy atom. The summed E-state index contributed by atoms with van der Waals surface area (Å²) in [6.07, 6.45) is 2.23. The lowest BCUT2D eigenvalue weighted by atomic mass is 10.0. The lowest BCUT2D eigenvalue weighted by molar-refractivity contribution is 0.755. The van der Waals surface area contributed by atoms with Crippen molar-refractivity contribution in [2.75, 3.05) is 0 Å². The summed E-state index contributed by atoms with van der Waals surface area (Å²) >= 11 is 0. The van der Waals surface area contributed by atoms with Crippen LogP contribution in [0.25, 0.3) is 10.9 Å². The van der Waals surface area contributed by atoms with Gasteiger partial charge in [-0.15, -0.1) is 12.4 Å². The van der Waals surface area contributed by atoms with Gasteiger partial charge in [0.05, 0.1) is 12.5 Å². The van der Waals surface area contributed by atoms with Crippen LogP contribution in [0.2, 0.25) is 0 Å². The summed E-state index contributed by atoms with van der Waals surface area (Å²) in [5.74, 6) is 0. The van der Waals surface area contributed by atoms with Crippen LogP contribution < -0.4 is 5.73 Å². The third-order valence-electron chi connectivity index (χ3n) is 2.33. The van der Waals surface area contributed by atoms with Crippen molar-refractivity contribution in [2.45, 2.75) is 12.5 Å². The van der Waals surface area contributed by atoms with Gasteiger partial charge in [0, 0.05) is 23.1 Å². The van der Waals surface area contributed by atoms with E-state index in [9.17, 15) is 0 Å². The van der Waals surface area contributed by atoms with Gasteiger partial charge in [-0.25, -0.2) is 0 Å². The van der Waals surface area contributed by atoms with E-state index in [1.165, 1.54) is 0 Å². The maximum absolute atomic E-state index is 8.57. The summed E-state index contributed by atoms with van der Waals surface area (Å²) in [6.45, 7) is 0. The van der Waals surface area contributed by atoms with Gasteiger partial charge < -0.3 is 10.7 Å². The molecule has 0 bridgehead atoms. The number of hydrogen-bond donors (Lipinski definition) is 2. The molecule has 3 N–H and O–H groups in total. The molecule has 0 aliphatic rings. The van der Waals surface area contributed by atoms with Crippen LogP contribution >= 0.6 is 12.4 Å². The number of nitrogens with one attached hydrogen (secondary N) is 1. The fourth-order valence-corrected chi connectivity index (χ4v) is 1.61. The highest BCUT2D eigenvalue weighted by Gasteiger charge is 2.10. The first-order valence-electron chi connectivity index (χ1n) is 4.51. The molecule has 0 saturated heterocycles. The van der Waals surface area contributed by atoms with Crippen LogP contribution in [0, 0.1) is 11.3 Å². The zero-order chi connectivity index (χ0) is 9.97. The third kappa shape index (κ3) is 2.12. The average molecular weight is 222 g/mol. The Bertz CT molecular complexity index is 484. The number of nitrogens with zero attached hydrogens (tertiary/aromatic N) is 1. The molecule has 0 spiro atoms. The predicted octanol–water partition coefficient (Wildman–Crippen LogP) is 2.50. The monoisotopic (exact) mass is 221 g/mol. The standard InChI is InChI=1S/C11H11N3.ClH/c12-6-5-10(13)9-7-14-11-4-2-1-3-8(9)11;/h1-4,7,10,14H,5,13H2;1H/t10-;/m1./s1. The topological polar surface area (TPSA) is 65.6 Å². The highest BCUT2D eigenvalue weighted by atomic mass is 35.5. The smallest absolute Gasteiger partial charge is 0.0641 e. The van der Waals surface area contributed by atoms with E-state index in [2.05, 4.69) is 11.1 Å². The van der Waals surface area contributed by atoms with Crippen LogP contribution in [0.15, 0.2) is 30.5 Å². The van der Waals surface area contributed by atoms with Gasteiger partial charge in [-0.1, -0.05) is 18.2 Å². The van der Waals surface area contributed by atoms with Crippen molar-refractivity contribution < 1.29 is 0 Å². The number of benzene rings is 1. The van der Waals surface area contributed by atoms with Crippen LogP contribution in [0.3, 0.4) is 0 Å². The van der Waals surface area contributed by atoms with Gasteiger partial charge in [-0.3, -0.25) is 0 Å². The summed E-state index contributed by atoms with van der Waals surface area (Å²) in [5.41, 5.74) is 7.96. The largest absolute Gasteiger partial charge is 0.361 e. The molecule has 1 heterocycles. The SMILES string of the molecule is Cl.N#CC[C@@H](N)c1c[nH]c2ccccc12. The first-order valence-corrected chi connectivity index (χ1v) is 4.51. The number of nitrogens with two attached hydrogens (primary N) is 1. The molecule has 0 aliphatic heterocycles. The molecule has 3 nitrogen and oxygen atoms in total. The maximum atomic E-state index is 8.57. The second-order valence-electron chi connectivity index (χ2n) is 3.26. The summed E-state index contributed by atoms with van der Waals surface area (Å²) in [7, 11) is 0. The van der Waals surface area contributed by atoms with Gasteiger partial charge in [0.2, 0.25) is 0 Å². The Balaban J connectivity index is 0.00000112. The zero-order valence-corrected chi connectivity index (χ0v) is 8.92. The minimum atomic E-state index is -0.198. The van der Waals surface area contributed by atoms with Crippen LogP contribution in [-0.2, 0) is 0 Å². The Kier molecular flexibility index (Phi) is 3.73. The number of halogens is 1. The van der Waals surface area contributed by atoms with Crippen molar-refractivity contribution in [2.24, 2.45) is 5.73 Å². The molecule has 15 heavy (non-hydrogen) atoms. The van der Waals surface area contributed by atoms with Gasteiger partial charge in [-0.05, 0) is 11.6 Å². The highest BCUT2D eigenvalue weighted by Crippen LogP contribution is 2.23. The van der Waals surface area contributed by atoms with Crippen LogP contribution in [-0.4, -0.2) is 4.98 Å². The average Bonchev–Trinajstić information content (AvgIpc) is 2.61. The van der Waals surface area contributed by atoms with E-state index in [-0.39, 0.29) is 18.4 Å². The molecular weight excluding hydrogens is 210 g/mol. The molecular formula is C11H12ClN3. The third-order valence-corrected chi connectivity index (χ3v) is 2.33. The molecule has 0 unspecified atom stereocenters. The van der Waals surface area contributed by atoms with Crippen molar-refractivity contribution in [3.8, 4) is 6.07 Å². The number of aromatic nitrogens is 1. The van der Waals surface area contributed by atoms with Crippen molar-refractivity contribution in [1.29, 1.82) is 5.26 Å². The number of para-hydroxylation sites is 1. The molecule has 4 heteroatoms. The first-order chi connectivity index (χ1) is 6.83. The number of aromatic amines is 1. The normalized spacial score (nSPS) is 11.7. The number of nitriles is 1. The summed E-state index contributed by atoms with van der Waals surface area (Å²) in [4.78, 5) is 3.14. The van der Waals surface area contributed by atoms with E-state index in [0.717, 1.165) is 16.5 Å². The van der Waals surface area contributed by atoms with Crippen LogP contribution in [0.4, 0.5) is 0 Å². The van der Waals surface area contributed by atoms with Gasteiger partial charge in [0.1, 0.15) is 0 Å². The Hall–Kier alpha value is -1.50. The molecule has 0 fully saturated rings. The first kappa shape index (κ1) is 11.6. The van der Waals surface area contributed by atoms with Crippen molar-refractivity contribution in [3.63, 3.8) is 0 Å². The van der Waals surface area contributed by atoms with Crippen LogP contribution in [0.1, 0.15) is 18.0 Å². The fraction of sp³-hybridized carbons (Fsp3) is 0.182. The number of hydrogen-bond acceptors (Lipinski definition) is 2. The van der Waals surface area contributed by atoms with Gasteiger partial charge in [-0.2, -0.15) is 5.26 Å². The van der Waals surface area contributed by atoms with E-state index in [4.69, 9.17) is 11.0 Å². The van der Waals surface area contributed by atoms with Crippen molar-refractivity contribution >= 4 is 23.3 Å². The summed E-state index contributed by atoms with van der Waals surface area (Å²) < 4.78 is 0. The molecule has 2 aromatic rings. The molecule has 78 valence electrons. The van der Waals surface area contributed by atoms with E-state index in [1.807, 2.05) is 30.5 Å². The fourth-order valence-electron chi connectivity index (χ4n) is 1.61. The van der Waals surface area contributed by atoms with Crippen molar-refractivity contribution in [1.82, 2.24) is 4.98 Å². The molecule has 1 aromatic heterocycles. The van der Waals surface area contributed by atoms with E-state index in [1.54, 1.807) is 0 Å². The highest BCUT2D eigenvalue weighted by molar-refractivity contribution is 5.85.